The van der Waals surface area contributed by atoms with E-state index in [2.05, 4.69) is 15.3 Å². The summed E-state index contributed by atoms with van der Waals surface area (Å²) >= 11 is 0. The Labute approximate surface area is 159 Å². The van der Waals surface area contributed by atoms with Crippen molar-refractivity contribution >= 4 is 11.8 Å². The molecule has 1 saturated carbocycles. The molecule has 6 heteroatoms. The molecule has 1 atom stereocenters. The standard InChI is InChI=1S/C21H24N4O2/c26-20-11-15(14-25(20)18-3-1-2-4-18)12-24-21(27)17-7-5-16(6-8-17)19-13-22-9-10-23-19/h5-10,13,15,18H,1-4,11-12,14H2,(H,24,27). The topological polar surface area (TPSA) is 75.2 Å². The fraction of sp³-hybridized carbons (Fsp3) is 0.429. The molecule has 2 amide bonds. The molecule has 0 radical (unpaired) electrons. The number of aromatic nitrogens is 2. The van der Waals surface area contributed by atoms with E-state index in [1.54, 1.807) is 30.7 Å². The van der Waals surface area contributed by atoms with Crippen molar-refractivity contribution in [1.29, 1.82) is 0 Å². The summed E-state index contributed by atoms with van der Waals surface area (Å²) in [7, 11) is 0. The Bertz CT molecular complexity index is 801. The van der Waals surface area contributed by atoms with Gasteiger partial charge in [-0.05, 0) is 25.0 Å². The van der Waals surface area contributed by atoms with Crippen LogP contribution in [0.5, 0.6) is 0 Å². The van der Waals surface area contributed by atoms with E-state index in [-0.39, 0.29) is 17.7 Å². The van der Waals surface area contributed by atoms with Gasteiger partial charge in [0.05, 0.1) is 11.9 Å². The van der Waals surface area contributed by atoms with Crippen LogP contribution >= 0.6 is 0 Å². The quantitative estimate of drug-likeness (QED) is 0.885. The Morgan fingerprint density at radius 2 is 1.93 bits per heavy atom. The Balaban J connectivity index is 1.31. The molecule has 1 aliphatic heterocycles. The van der Waals surface area contributed by atoms with Crippen molar-refractivity contribution in [3.63, 3.8) is 0 Å². The first kappa shape index (κ1) is 17.6. The molecule has 2 fully saturated rings. The van der Waals surface area contributed by atoms with E-state index in [4.69, 9.17) is 0 Å². The number of hydrogen-bond acceptors (Lipinski definition) is 4. The Hall–Kier alpha value is -2.76. The summed E-state index contributed by atoms with van der Waals surface area (Å²) in [5, 5.41) is 2.99. The van der Waals surface area contributed by atoms with Gasteiger partial charge in [-0.2, -0.15) is 0 Å². The average Bonchev–Trinajstić information content (AvgIpc) is 3.36. The molecule has 2 heterocycles. The van der Waals surface area contributed by atoms with Gasteiger partial charge >= 0.3 is 0 Å². The number of likely N-dealkylation sites (tertiary alicyclic amines) is 1. The number of nitrogens with one attached hydrogen (secondary N) is 1. The second-order valence-corrected chi connectivity index (χ2v) is 7.43. The first-order chi connectivity index (χ1) is 13.2. The van der Waals surface area contributed by atoms with Gasteiger partial charge in [0, 0.05) is 55.0 Å². The van der Waals surface area contributed by atoms with Crippen LogP contribution in [0.2, 0.25) is 0 Å². The lowest BCUT2D eigenvalue weighted by molar-refractivity contribution is -0.129. The normalized spacial score (nSPS) is 20.2. The summed E-state index contributed by atoms with van der Waals surface area (Å²) in [6.45, 7) is 1.31. The van der Waals surface area contributed by atoms with Crippen LogP contribution in [0.4, 0.5) is 0 Å². The van der Waals surface area contributed by atoms with Crippen LogP contribution < -0.4 is 5.32 Å². The van der Waals surface area contributed by atoms with E-state index >= 15 is 0 Å². The third-order valence-corrected chi connectivity index (χ3v) is 5.56. The van der Waals surface area contributed by atoms with Crippen LogP contribution in [0.1, 0.15) is 42.5 Å². The highest BCUT2D eigenvalue weighted by Gasteiger charge is 2.35. The number of amides is 2. The Kier molecular flexibility index (Phi) is 5.14. The molecule has 1 saturated heterocycles. The summed E-state index contributed by atoms with van der Waals surface area (Å²) < 4.78 is 0. The second kappa shape index (κ2) is 7.86. The summed E-state index contributed by atoms with van der Waals surface area (Å²) in [4.78, 5) is 35.1. The molecule has 2 aliphatic rings. The largest absolute Gasteiger partial charge is 0.352 e. The lowest BCUT2D eigenvalue weighted by Gasteiger charge is -2.24. The van der Waals surface area contributed by atoms with Crippen LogP contribution in [0.25, 0.3) is 11.3 Å². The van der Waals surface area contributed by atoms with Gasteiger partial charge in [0.2, 0.25) is 5.91 Å². The second-order valence-electron chi connectivity index (χ2n) is 7.43. The molecule has 1 aromatic carbocycles. The highest BCUT2D eigenvalue weighted by Crippen LogP contribution is 2.29. The molecule has 27 heavy (non-hydrogen) atoms. The highest BCUT2D eigenvalue weighted by atomic mass is 16.2. The van der Waals surface area contributed by atoms with Gasteiger partial charge in [0.25, 0.3) is 5.91 Å². The van der Waals surface area contributed by atoms with Gasteiger partial charge in [-0.1, -0.05) is 25.0 Å². The summed E-state index contributed by atoms with van der Waals surface area (Å²) in [5.41, 5.74) is 2.31. The third kappa shape index (κ3) is 3.99. The number of carbonyl (C=O) groups excluding carboxylic acids is 2. The maximum absolute atomic E-state index is 12.4. The predicted octanol–water partition coefficient (Wildman–Crippen LogP) is 2.66. The van der Waals surface area contributed by atoms with Crippen LogP contribution in [0.15, 0.2) is 42.9 Å². The molecule has 2 aromatic rings. The maximum atomic E-state index is 12.4. The first-order valence-electron chi connectivity index (χ1n) is 9.65. The lowest BCUT2D eigenvalue weighted by atomic mass is 10.1. The average molecular weight is 364 g/mol. The number of rotatable bonds is 5. The number of hydrogen-bond donors (Lipinski definition) is 1. The number of benzene rings is 1. The molecule has 0 bridgehead atoms. The van der Waals surface area contributed by atoms with Crippen molar-refractivity contribution in [2.75, 3.05) is 13.1 Å². The lowest BCUT2D eigenvalue weighted by Crippen LogP contribution is -2.36. The van der Waals surface area contributed by atoms with Crippen molar-refractivity contribution < 1.29 is 9.59 Å². The molecule has 0 spiro atoms. The van der Waals surface area contributed by atoms with E-state index in [1.165, 1.54) is 12.8 Å². The fourth-order valence-corrected chi connectivity index (χ4v) is 4.09. The van der Waals surface area contributed by atoms with E-state index < -0.39 is 0 Å². The van der Waals surface area contributed by atoms with Crippen molar-refractivity contribution in [2.24, 2.45) is 5.92 Å². The smallest absolute Gasteiger partial charge is 0.251 e. The van der Waals surface area contributed by atoms with Gasteiger partial charge < -0.3 is 10.2 Å². The van der Waals surface area contributed by atoms with E-state index in [0.29, 0.717) is 24.6 Å². The molecule has 140 valence electrons. The van der Waals surface area contributed by atoms with Crippen LogP contribution in [0, 0.1) is 5.92 Å². The third-order valence-electron chi connectivity index (χ3n) is 5.56. The van der Waals surface area contributed by atoms with Crippen molar-refractivity contribution in [3.8, 4) is 11.3 Å². The summed E-state index contributed by atoms with van der Waals surface area (Å²) in [5.74, 6) is 0.350. The van der Waals surface area contributed by atoms with E-state index in [0.717, 1.165) is 30.6 Å². The summed E-state index contributed by atoms with van der Waals surface area (Å²) in [6, 6.07) is 7.76. The van der Waals surface area contributed by atoms with E-state index in [9.17, 15) is 9.59 Å². The zero-order valence-corrected chi connectivity index (χ0v) is 15.3. The van der Waals surface area contributed by atoms with Crippen LogP contribution in [-0.2, 0) is 4.79 Å². The fourth-order valence-electron chi connectivity index (χ4n) is 4.09. The SMILES string of the molecule is O=C(NCC1CC(=O)N(C2CCCC2)C1)c1ccc(-c2cnccn2)cc1. The molecule has 4 rings (SSSR count). The van der Waals surface area contributed by atoms with Gasteiger partial charge in [0.1, 0.15) is 0 Å². The number of carbonyl (C=O) groups is 2. The summed E-state index contributed by atoms with van der Waals surface area (Å²) in [6.07, 6.45) is 10.2. The van der Waals surface area contributed by atoms with Gasteiger partial charge in [0.15, 0.2) is 0 Å². The number of nitrogens with zero attached hydrogens (tertiary/aromatic N) is 3. The van der Waals surface area contributed by atoms with Crippen molar-refractivity contribution in [1.82, 2.24) is 20.2 Å². The van der Waals surface area contributed by atoms with E-state index in [1.807, 2.05) is 17.0 Å². The maximum Gasteiger partial charge on any atom is 0.251 e. The zero-order chi connectivity index (χ0) is 18.6. The molecule has 6 nitrogen and oxygen atoms in total. The minimum atomic E-state index is -0.104. The monoisotopic (exact) mass is 364 g/mol. The van der Waals surface area contributed by atoms with Crippen LogP contribution in [0.3, 0.4) is 0 Å². The molecule has 1 unspecified atom stereocenters. The molecule has 1 aromatic heterocycles. The first-order valence-corrected chi connectivity index (χ1v) is 9.65. The highest BCUT2D eigenvalue weighted by molar-refractivity contribution is 5.94. The zero-order valence-electron chi connectivity index (χ0n) is 15.3. The van der Waals surface area contributed by atoms with Crippen molar-refractivity contribution in [3.05, 3.63) is 48.4 Å². The van der Waals surface area contributed by atoms with Gasteiger partial charge in [-0.15, -0.1) is 0 Å². The minimum absolute atomic E-state index is 0.104. The van der Waals surface area contributed by atoms with Gasteiger partial charge in [-0.25, -0.2) is 0 Å². The van der Waals surface area contributed by atoms with Crippen molar-refractivity contribution in [2.45, 2.75) is 38.1 Å². The molecule has 1 aliphatic carbocycles. The van der Waals surface area contributed by atoms with Crippen LogP contribution in [-0.4, -0.2) is 45.8 Å². The minimum Gasteiger partial charge on any atom is -0.352 e. The Morgan fingerprint density at radius 1 is 1.15 bits per heavy atom. The Morgan fingerprint density at radius 3 is 2.63 bits per heavy atom. The molecular weight excluding hydrogens is 340 g/mol. The molecule has 1 N–H and O–H groups in total. The predicted molar refractivity (Wildman–Crippen MR) is 102 cm³/mol. The van der Waals surface area contributed by atoms with Gasteiger partial charge in [-0.3, -0.25) is 19.6 Å². The molecular formula is C21H24N4O2.